The Hall–Kier alpha value is -2.39. The van der Waals surface area contributed by atoms with E-state index in [1.807, 2.05) is 55.5 Å². The van der Waals surface area contributed by atoms with Crippen molar-refractivity contribution < 1.29 is 14.3 Å². The molecular formula is C22H24O3. The van der Waals surface area contributed by atoms with E-state index in [2.05, 4.69) is 12.1 Å². The van der Waals surface area contributed by atoms with Crippen LogP contribution < -0.4 is 0 Å². The molecule has 3 nitrogen and oxygen atoms in total. The Kier molecular flexibility index (Phi) is 6.02. The topological polar surface area (TPSA) is 35.5 Å². The lowest BCUT2D eigenvalue weighted by Gasteiger charge is -2.28. The van der Waals surface area contributed by atoms with Gasteiger partial charge in [0, 0.05) is 30.6 Å². The third-order valence-corrected chi connectivity index (χ3v) is 4.39. The molecule has 0 fully saturated rings. The van der Waals surface area contributed by atoms with Crippen molar-refractivity contribution >= 4 is 5.78 Å². The minimum atomic E-state index is -0.247. The van der Waals surface area contributed by atoms with Gasteiger partial charge in [0.25, 0.3) is 0 Å². The Morgan fingerprint density at radius 3 is 2.40 bits per heavy atom. The molecule has 1 heterocycles. The van der Waals surface area contributed by atoms with Crippen molar-refractivity contribution in [3.63, 3.8) is 0 Å². The third-order valence-electron chi connectivity index (χ3n) is 4.39. The van der Waals surface area contributed by atoms with Crippen LogP contribution in [-0.4, -0.2) is 18.7 Å². The molecule has 2 aromatic carbocycles. The quantitative estimate of drug-likeness (QED) is 0.673. The van der Waals surface area contributed by atoms with E-state index >= 15 is 0 Å². The van der Waals surface area contributed by atoms with Crippen molar-refractivity contribution in [3.05, 3.63) is 83.1 Å². The minimum Gasteiger partial charge on any atom is -0.469 e. The Morgan fingerprint density at radius 2 is 1.72 bits per heavy atom. The third kappa shape index (κ3) is 4.58. The van der Waals surface area contributed by atoms with Crippen LogP contribution in [0.1, 0.15) is 42.1 Å². The van der Waals surface area contributed by atoms with Gasteiger partial charge in [0.05, 0.1) is 0 Å². The van der Waals surface area contributed by atoms with E-state index in [0.717, 1.165) is 24.2 Å². The summed E-state index contributed by atoms with van der Waals surface area (Å²) in [6.45, 7) is 2.57. The highest BCUT2D eigenvalue weighted by Crippen LogP contribution is 2.30. The van der Waals surface area contributed by atoms with Gasteiger partial charge < -0.3 is 9.47 Å². The number of rotatable bonds is 7. The van der Waals surface area contributed by atoms with E-state index in [-0.39, 0.29) is 12.1 Å². The molecule has 0 spiro atoms. The standard InChI is InChI=1S/C22H24O3/c1-2-24-21-16-14-19(22(23)18-11-7-4-8-12-18)20(25-21)15-13-17-9-5-3-6-10-17/h3-12,21H,2,13-16H2,1H3. The summed E-state index contributed by atoms with van der Waals surface area (Å²) in [4.78, 5) is 12.9. The summed E-state index contributed by atoms with van der Waals surface area (Å²) in [5.41, 5.74) is 2.75. The van der Waals surface area contributed by atoms with Crippen molar-refractivity contribution in [2.24, 2.45) is 0 Å². The lowest BCUT2D eigenvalue weighted by molar-refractivity contribution is -0.125. The van der Waals surface area contributed by atoms with Gasteiger partial charge in [0.1, 0.15) is 5.76 Å². The molecular weight excluding hydrogens is 312 g/mol. The molecule has 1 atom stereocenters. The Balaban J connectivity index is 1.81. The molecule has 3 heteroatoms. The van der Waals surface area contributed by atoms with Crippen molar-refractivity contribution in [3.8, 4) is 0 Å². The molecule has 2 aromatic rings. The molecule has 0 saturated carbocycles. The number of benzene rings is 2. The van der Waals surface area contributed by atoms with Crippen LogP contribution in [0.3, 0.4) is 0 Å². The zero-order valence-electron chi connectivity index (χ0n) is 14.6. The van der Waals surface area contributed by atoms with E-state index in [4.69, 9.17) is 9.47 Å². The Morgan fingerprint density at radius 1 is 1.04 bits per heavy atom. The highest BCUT2D eigenvalue weighted by molar-refractivity contribution is 6.09. The van der Waals surface area contributed by atoms with Gasteiger partial charge in [-0.15, -0.1) is 0 Å². The summed E-state index contributed by atoms with van der Waals surface area (Å²) in [5, 5.41) is 0. The molecule has 0 radical (unpaired) electrons. The van der Waals surface area contributed by atoms with Gasteiger partial charge in [-0.1, -0.05) is 60.7 Å². The van der Waals surface area contributed by atoms with Crippen LogP contribution >= 0.6 is 0 Å². The molecule has 0 amide bonds. The van der Waals surface area contributed by atoms with Gasteiger partial charge >= 0.3 is 0 Å². The monoisotopic (exact) mass is 336 g/mol. The molecule has 1 unspecified atom stereocenters. The number of hydrogen-bond donors (Lipinski definition) is 0. The number of aryl methyl sites for hydroxylation is 1. The first-order valence-electron chi connectivity index (χ1n) is 8.92. The summed E-state index contributed by atoms with van der Waals surface area (Å²) in [6, 6.07) is 19.7. The van der Waals surface area contributed by atoms with E-state index in [1.54, 1.807) is 0 Å². The molecule has 0 bridgehead atoms. The van der Waals surface area contributed by atoms with Gasteiger partial charge in [0.2, 0.25) is 0 Å². The van der Waals surface area contributed by atoms with Gasteiger partial charge in [-0.2, -0.15) is 0 Å². The molecule has 25 heavy (non-hydrogen) atoms. The fraction of sp³-hybridized carbons (Fsp3) is 0.318. The maximum absolute atomic E-state index is 12.9. The lowest BCUT2D eigenvalue weighted by atomic mass is 9.94. The van der Waals surface area contributed by atoms with E-state index in [1.165, 1.54) is 5.56 Å². The predicted molar refractivity (Wildman–Crippen MR) is 98.3 cm³/mol. The normalized spacial score (nSPS) is 17.2. The van der Waals surface area contributed by atoms with Crippen molar-refractivity contribution in [2.75, 3.05) is 6.61 Å². The Labute approximate surface area is 149 Å². The van der Waals surface area contributed by atoms with Crippen LogP contribution in [0.4, 0.5) is 0 Å². The number of carbonyl (C=O) groups excluding carboxylic acids is 1. The molecule has 130 valence electrons. The molecule has 1 aliphatic heterocycles. The van der Waals surface area contributed by atoms with Crippen LogP contribution in [0.5, 0.6) is 0 Å². The summed E-state index contributed by atoms with van der Waals surface area (Å²) < 4.78 is 11.7. The summed E-state index contributed by atoms with van der Waals surface area (Å²) in [5.74, 6) is 0.848. The largest absolute Gasteiger partial charge is 0.469 e. The van der Waals surface area contributed by atoms with E-state index in [9.17, 15) is 4.79 Å². The maximum atomic E-state index is 12.9. The Bertz CT molecular complexity index is 719. The molecule has 0 saturated heterocycles. The summed E-state index contributed by atoms with van der Waals surface area (Å²) in [6.07, 6.45) is 2.73. The first-order chi connectivity index (χ1) is 12.3. The highest BCUT2D eigenvalue weighted by atomic mass is 16.7. The second kappa shape index (κ2) is 8.63. The lowest BCUT2D eigenvalue weighted by Crippen LogP contribution is -2.25. The number of ketones is 1. The molecule has 1 aliphatic rings. The van der Waals surface area contributed by atoms with Crippen molar-refractivity contribution in [1.82, 2.24) is 0 Å². The average Bonchev–Trinajstić information content (AvgIpc) is 2.68. The van der Waals surface area contributed by atoms with E-state index in [0.29, 0.717) is 25.0 Å². The van der Waals surface area contributed by atoms with Gasteiger partial charge in [-0.25, -0.2) is 0 Å². The summed E-state index contributed by atoms with van der Waals surface area (Å²) in [7, 11) is 0. The van der Waals surface area contributed by atoms with Crippen LogP contribution in [0.25, 0.3) is 0 Å². The zero-order valence-corrected chi connectivity index (χ0v) is 14.6. The zero-order chi connectivity index (χ0) is 17.5. The number of hydrogen-bond acceptors (Lipinski definition) is 3. The minimum absolute atomic E-state index is 0.0682. The van der Waals surface area contributed by atoms with Crippen molar-refractivity contribution in [1.29, 1.82) is 0 Å². The molecule has 3 rings (SSSR count). The van der Waals surface area contributed by atoms with Crippen molar-refractivity contribution in [2.45, 2.75) is 38.9 Å². The van der Waals surface area contributed by atoms with Gasteiger partial charge in [-0.3, -0.25) is 4.79 Å². The smallest absolute Gasteiger partial charge is 0.199 e. The molecule has 0 aromatic heterocycles. The number of allylic oxidation sites excluding steroid dienone is 2. The fourth-order valence-electron chi connectivity index (χ4n) is 3.11. The van der Waals surface area contributed by atoms with Gasteiger partial charge in [-0.05, 0) is 25.3 Å². The predicted octanol–water partition coefficient (Wildman–Crippen LogP) is 4.93. The second-order valence-corrected chi connectivity index (χ2v) is 6.12. The second-order valence-electron chi connectivity index (χ2n) is 6.12. The van der Waals surface area contributed by atoms with Crippen LogP contribution in [0, 0.1) is 0 Å². The van der Waals surface area contributed by atoms with Gasteiger partial charge in [0.15, 0.2) is 12.1 Å². The van der Waals surface area contributed by atoms with Crippen LogP contribution in [-0.2, 0) is 15.9 Å². The molecule has 0 N–H and O–H groups in total. The maximum Gasteiger partial charge on any atom is 0.199 e. The average molecular weight is 336 g/mol. The highest BCUT2D eigenvalue weighted by Gasteiger charge is 2.27. The fourth-order valence-corrected chi connectivity index (χ4v) is 3.11. The number of ether oxygens (including phenoxy) is 2. The first-order valence-corrected chi connectivity index (χ1v) is 8.92. The summed E-state index contributed by atoms with van der Waals surface area (Å²) >= 11 is 0. The SMILES string of the molecule is CCOC1CCC(C(=O)c2ccccc2)=C(CCc2ccccc2)O1. The van der Waals surface area contributed by atoms with Crippen LogP contribution in [0.15, 0.2) is 72.0 Å². The van der Waals surface area contributed by atoms with E-state index < -0.39 is 0 Å². The number of carbonyl (C=O) groups is 1. The molecule has 0 aliphatic carbocycles. The van der Waals surface area contributed by atoms with Crippen LogP contribution in [0.2, 0.25) is 0 Å². The number of Topliss-reactive ketones (excluding diaryl/α,β-unsaturated/α-hetero) is 1. The first kappa shape index (κ1) is 17.4.